The lowest BCUT2D eigenvalue weighted by Crippen LogP contribution is -2.31. The molecule has 5 heteroatoms. The number of hydrogen-bond acceptors (Lipinski definition) is 3. The Bertz CT molecular complexity index is 472. The van der Waals surface area contributed by atoms with Crippen molar-refractivity contribution in [2.45, 2.75) is 19.3 Å². The molecule has 0 spiro atoms. The predicted molar refractivity (Wildman–Crippen MR) is 76.6 cm³/mol. The lowest BCUT2D eigenvalue weighted by molar-refractivity contribution is -0.143. The summed E-state index contributed by atoms with van der Waals surface area (Å²) in [5.74, 6) is 0.145. The molecule has 19 heavy (non-hydrogen) atoms. The molecule has 1 aliphatic rings. The van der Waals surface area contributed by atoms with Gasteiger partial charge in [-0.05, 0) is 59.4 Å². The van der Waals surface area contributed by atoms with Gasteiger partial charge in [0.15, 0.2) is 0 Å². The maximum atomic E-state index is 11.0. The highest BCUT2D eigenvalue weighted by Gasteiger charge is 2.49. The average Bonchev–Trinajstić information content (AvgIpc) is 3.16. The van der Waals surface area contributed by atoms with Crippen molar-refractivity contribution in [2.24, 2.45) is 5.41 Å². The minimum atomic E-state index is -0.674. The summed E-state index contributed by atoms with van der Waals surface area (Å²) in [7, 11) is 1.64. The van der Waals surface area contributed by atoms with Crippen LogP contribution in [-0.2, 0) is 11.2 Å². The van der Waals surface area contributed by atoms with Crippen LogP contribution in [0.4, 0.5) is 0 Å². The Hall–Kier alpha value is -1.07. The van der Waals surface area contributed by atoms with Gasteiger partial charge in [-0.2, -0.15) is 0 Å². The quantitative estimate of drug-likeness (QED) is 0.755. The molecule has 1 aromatic carbocycles. The minimum absolute atomic E-state index is 0.486. The molecule has 0 aliphatic heterocycles. The molecule has 104 valence electrons. The highest BCUT2D eigenvalue weighted by Crippen LogP contribution is 2.45. The second kappa shape index (κ2) is 5.92. The van der Waals surface area contributed by atoms with E-state index in [9.17, 15) is 4.79 Å². The summed E-state index contributed by atoms with van der Waals surface area (Å²) in [6.45, 7) is 1.35. The van der Waals surface area contributed by atoms with Gasteiger partial charge in [0.1, 0.15) is 5.75 Å². The van der Waals surface area contributed by atoms with Gasteiger partial charge in [0.05, 0.1) is 17.0 Å². The second-order valence-electron chi connectivity index (χ2n) is 4.98. The van der Waals surface area contributed by atoms with Crippen LogP contribution in [0.25, 0.3) is 0 Å². The standard InChI is InChI=1S/C14H18BrNO3/c1-19-12-3-2-10(8-11(12)15)4-7-16-9-14(5-6-14)13(17)18/h2-3,8,16H,4-7,9H2,1H3,(H,17,18). The molecule has 1 aliphatic carbocycles. The first-order valence-corrected chi connectivity index (χ1v) is 7.13. The van der Waals surface area contributed by atoms with E-state index < -0.39 is 11.4 Å². The van der Waals surface area contributed by atoms with Gasteiger partial charge >= 0.3 is 5.97 Å². The fourth-order valence-corrected chi connectivity index (χ4v) is 2.63. The van der Waals surface area contributed by atoms with E-state index in [4.69, 9.17) is 9.84 Å². The number of halogens is 1. The Balaban J connectivity index is 1.77. The molecular weight excluding hydrogens is 310 g/mol. The van der Waals surface area contributed by atoms with E-state index in [-0.39, 0.29) is 0 Å². The number of aliphatic carboxylic acids is 1. The number of carboxylic acid groups (broad SMARTS) is 1. The fraction of sp³-hybridized carbons (Fsp3) is 0.500. The summed E-state index contributed by atoms with van der Waals surface area (Å²) in [6.07, 6.45) is 2.46. The predicted octanol–water partition coefficient (Wildman–Crippen LogP) is 2.45. The number of ether oxygens (including phenoxy) is 1. The van der Waals surface area contributed by atoms with E-state index in [0.29, 0.717) is 6.54 Å². The lowest BCUT2D eigenvalue weighted by Gasteiger charge is -2.11. The van der Waals surface area contributed by atoms with Crippen LogP contribution in [0.5, 0.6) is 5.75 Å². The normalized spacial score (nSPS) is 16.1. The van der Waals surface area contributed by atoms with Crippen LogP contribution >= 0.6 is 15.9 Å². The zero-order chi connectivity index (χ0) is 13.9. The van der Waals surface area contributed by atoms with E-state index >= 15 is 0 Å². The van der Waals surface area contributed by atoms with Crippen molar-refractivity contribution in [2.75, 3.05) is 20.2 Å². The van der Waals surface area contributed by atoms with Crippen LogP contribution in [0.3, 0.4) is 0 Å². The third-order valence-electron chi connectivity index (χ3n) is 3.58. The van der Waals surface area contributed by atoms with Gasteiger partial charge < -0.3 is 15.2 Å². The maximum Gasteiger partial charge on any atom is 0.310 e. The van der Waals surface area contributed by atoms with Crippen LogP contribution in [0.2, 0.25) is 0 Å². The largest absolute Gasteiger partial charge is 0.496 e. The summed E-state index contributed by atoms with van der Waals surface area (Å²) < 4.78 is 6.12. The lowest BCUT2D eigenvalue weighted by atomic mass is 10.1. The Morgan fingerprint density at radius 1 is 1.53 bits per heavy atom. The van der Waals surface area contributed by atoms with E-state index in [0.717, 1.165) is 36.0 Å². The van der Waals surface area contributed by atoms with Crippen LogP contribution in [0.1, 0.15) is 18.4 Å². The van der Waals surface area contributed by atoms with Crippen molar-refractivity contribution in [1.82, 2.24) is 5.32 Å². The molecule has 0 amide bonds. The summed E-state index contributed by atoms with van der Waals surface area (Å²) in [5, 5.41) is 12.3. The van der Waals surface area contributed by atoms with E-state index in [1.54, 1.807) is 7.11 Å². The highest BCUT2D eigenvalue weighted by atomic mass is 79.9. The SMILES string of the molecule is COc1ccc(CCNCC2(C(=O)O)CC2)cc1Br. The molecule has 0 atom stereocenters. The number of hydrogen-bond donors (Lipinski definition) is 2. The smallest absolute Gasteiger partial charge is 0.310 e. The third-order valence-corrected chi connectivity index (χ3v) is 4.20. The van der Waals surface area contributed by atoms with Gasteiger partial charge in [-0.15, -0.1) is 0 Å². The molecule has 0 saturated heterocycles. The number of methoxy groups -OCH3 is 1. The van der Waals surface area contributed by atoms with Gasteiger partial charge in [-0.1, -0.05) is 6.07 Å². The highest BCUT2D eigenvalue weighted by molar-refractivity contribution is 9.10. The molecule has 2 rings (SSSR count). The topological polar surface area (TPSA) is 58.6 Å². The average molecular weight is 328 g/mol. The number of rotatable bonds is 7. The van der Waals surface area contributed by atoms with Crippen molar-refractivity contribution >= 4 is 21.9 Å². The first-order valence-electron chi connectivity index (χ1n) is 6.34. The monoisotopic (exact) mass is 327 g/mol. The zero-order valence-corrected chi connectivity index (χ0v) is 12.5. The molecule has 2 N–H and O–H groups in total. The Morgan fingerprint density at radius 3 is 2.79 bits per heavy atom. The van der Waals surface area contributed by atoms with E-state index in [2.05, 4.69) is 21.2 Å². The van der Waals surface area contributed by atoms with Crippen molar-refractivity contribution in [1.29, 1.82) is 0 Å². The second-order valence-corrected chi connectivity index (χ2v) is 5.84. The molecule has 1 aromatic rings. The number of carbonyl (C=O) groups is 1. The van der Waals surface area contributed by atoms with Gasteiger partial charge in [0, 0.05) is 6.54 Å². The van der Waals surface area contributed by atoms with Crippen molar-refractivity contribution in [3.63, 3.8) is 0 Å². The molecule has 4 nitrogen and oxygen atoms in total. The van der Waals surface area contributed by atoms with Crippen LogP contribution in [0.15, 0.2) is 22.7 Å². The zero-order valence-electron chi connectivity index (χ0n) is 10.9. The van der Waals surface area contributed by atoms with Gasteiger partial charge in [-0.3, -0.25) is 4.79 Å². The fourth-order valence-electron chi connectivity index (χ4n) is 2.04. The van der Waals surface area contributed by atoms with Crippen molar-refractivity contribution in [3.05, 3.63) is 28.2 Å². The summed E-state index contributed by atoms with van der Waals surface area (Å²) in [4.78, 5) is 11.0. The molecule has 0 radical (unpaired) electrons. The summed E-state index contributed by atoms with van der Waals surface area (Å²) >= 11 is 3.45. The van der Waals surface area contributed by atoms with Crippen molar-refractivity contribution < 1.29 is 14.6 Å². The van der Waals surface area contributed by atoms with Crippen LogP contribution in [0, 0.1) is 5.41 Å². The van der Waals surface area contributed by atoms with Gasteiger partial charge in [0.2, 0.25) is 0 Å². The third kappa shape index (κ3) is 3.48. The number of nitrogens with one attached hydrogen (secondary N) is 1. The Kier molecular flexibility index (Phi) is 4.47. The molecule has 1 fully saturated rings. The van der Waals surface area contributed by atoms with E-state index in [1.165, 1.54) is 5.56 Å². The summed E-state index contributed by atoms with van der Waals surface area (Å²) in [6, 6.07) is 5.99. The molecule has 0 unspecified atom stereocenters. The van der Waals surface area contributed by atoms with E-state index in [1.807, 2.05) is 18.2 Å². The molecular formula is C14H18BrNO3. The molecule has 0 bridgehead atoms. The first kappa shape index (κ1) is 14.3. The summed E-state index contributed by atoms with van der Waals surface area (Å²) in [5.41, 5.74) is 0.709. The Morgan fingerprint density at radius 2 is 2.26 bits per heavy atom. The van der Waals surface area contributed by atoms with Gasteiger partial charge in [0.25, 0.3) is 0 Å². The van der Waals surface area contributed by atoms with Crippen molar-refractivity contribution in [3.8, 4) is 5.75 Å². The van der Waals surface area contributed by atoms with Crippen LogP contribution < -0.4 is 10.1 Å². The van der Waals surface area contributed by atoms with Crippen LogP contribution in [-0.4, -0.2) is 31.3 Å². The molecule has 1 saturated carbocycles. The maximum absolute atomic E-state index is 11.0. The number of carboxylic acids is 1. The van der Waals surface area contributed by atoms with Gasteiger partial charge in [-0.25, -0.2) is 0 Å². The number of benzene rings is 1. The minimum Gasteiger partial charge on any atom is -0.496 e. The molecule has 0 heterocycles. The Labute approximate surface area is 121 Å². The molecule has 0 aromatic heterocycles. The first-order chi connectivity index (χ1) is 9.07.